The minimum atomic E-state index is -3.18. The first-order chi connectivity index (χ1) is 18.4. The van der Waals surface area contributed by atoms with Gasteiger partial charge in [-0.25, -0.2) is 17.6 Å². The lowest BCUT2D eigenvalue weighted by molar-refractivity contribution is -0.130. The van der Waals surface area contributed by atoms with E-state index in [9.17, 15) is 22.4 Å². The van der Waals surface area contributed by atoms with Crippen LogP contribution in [-0.4, -0.2) is 53.2 Å². The lowest BCUT2D eigenvalue weighted by Crippen LogP contribution is -2.71. The topological polar surface area (TPSA) is 36.4 Å². The van der Waals surface area contributed by atoms with Crippen molar-refractivity contribution in [1.29, 1.82) is 0 Å². The van der Waals surface area contributed by atoms with Crippen LogP contribution < -0.4 is 0 Å². The summed E-state index contributed by atoms with van der Waals surface area (Å²) in [5.41, 5.74) is 1.94. The molecule has 39 heavy (non-hydrogen) atoms. The summed E-state index contributed by atoms with van der Waals surface area (Å²) in [7, 11) is 1.86. The van der Waals surface area contributed by atoms with Crippen LogP contribution in [0.25, 0.3) is 0 Å². The summed E-state index contributed by atoms with van der Waals surface area (Å²) < 4.78 is 53.0. The van der Waals surface area contributed by atoms with Crippen molar-refractivity contribution >= 4 is 15.0 Å². The first-order valence-electron chi connectivity index (χ1n) is 12.8. The molecule has 0 N–H and O–H groups in total. The summed E-state index contributed by atoms with van der Waals surface area (Å²) in [6.45, 7) is 14.0. The summed E-state index contributed by atoms with van der Waals surface area (Å²) in [5, 5.41) is 0. The van der Waals surface area contributed by atoms with E-state index in [0.717, 1.165) is 49.5 Å². The van der Waals surface area contributed by atoms with Gasteiger partial charge in [-0.3, -0.25) is 14.7 Å². The van der Waals surface area contributed by atoms with E-state index in [-0.39, 0.29) is 17.3 Å². The minimum absolute atomic E-state index is 0.149. The lowest BCUT2D eigenvalue weighted by Gasteiger charge is -2.61. The third kappa shape index (κ3) is 7.43. The van der Waals surface area contributed by atoms with Gasteiger partial charge in [0.1, 0.15) is 5.57 Å². The van der Waals surface area contributed by atoms with Gasteiger partial charge in [-0.1, -0.05) is 40.1 Å². The van der Waals surface area contributed by atoms with Crippen molar-refractivity contribution in [2.75, 3.05) is 26.2 Å². The number of hydrogen-bond acceptors (Lipinski definition) is 4. The molecule has 0 amide bonds. The molecule has 0 bridgehead atoms. The van der Waals surface area contributed by atoms with E-state index >= 15 is 0 Å². The third-order valence-corrected chi connectivity index (χ3v) is 7.54. The van der Waals surface area contributed by atoms with E-state index in [4.69, 9.17) is 0 Å². The molecule has 2 atom stereocenters. The number of Topliss-reactive ketones (excluding diaryl/α,β-unsaturated/α-hetero) is 1. The number of halogens is 4. The minimum Gasteiger partial charge on any atom is -0.370 e. The van der Waals surface area contributed by atoms with Gasteiger partial charge in [0.2, 0.25) is 0 Å². The molecule has 9 heteroatoms. The Labute approximate surface area is 230 Å². The molecular formula is C30H36F4N3OP. The van der Waals surface area contributed by atoms with Crippen LogP contribution in [0.15, 0.2) is 90.1 Å². The molecule has 0 saturated carbocycles. The van der Waals surface area contributed by atoms with Gasteiger partial charge in [0, 0.05) is 61.9 Å². The molecule has 3 heterocycles. The van der Waals surface area contributed by atoms with E-state index in [1.807, 2.05) is 35.2 Å². The maximum atomic E-state index is 13.8. The van der Waals surface area contributed by atoms with Crippen molar-refractivity contribution in [1.82, 2.24) is 14.8 Å². The van der Waals surface area contributed by atoms with Gasteiger partial charge in [-0.2, -0.15) is 0 Å². The first-order valence-corrected chi connectivity index (χ1v) is 13.3. The van der Waals surface area contributed by atoms with E-state index in [1.165, 1.54) is 18.7 Å². The van der Waals surface area contributed by atoms with Crippen LogP contribution in [0.5, 0.6) is 0 Å². The molecular weight excluding hydrogens is 525 g/mol. The summed E-state index contributed by atoms with van der Waals surface area (Å²) >= 11 is 0. The predicted octanol–water partition coefficient (Wildman–Crippen LogP) is 6.81. The number of allylic oxidation sites excluding steroid dienone is 8. The van der Waals surface area contributed by atoms with Gasteiger partial charge >= 0.3 is 0 Å². The van der Waals surface area contributed by atoms with Crippen molar-refractivity contribution in [3.63, 3.8) is 0 Å². The molecule has 2 aliphatic rings. The Morgan fingerprint density at radius 1 is 1.26 bits per heavy atom. The van der Waals surface area contributed by atoms with E-state index < -0.39 is 29.6 Å². The molecule has 1 aromatic heterocycles. The number of alkyl halides is 2. The molecule has 2 unspecified atom stereocenters. The fourth-order valence-electron chi connectivity index (χ4n) is 5.36. The number of hydrogen-bond donors (Lipinski definition) is 0. The normalized spacial score (nSPS) is 20.3. The Morgan fingerprint density at radius 3 is 2.46 bits per heavy atom. The summed E-state index contributed by atoms with van der Waals surface area (Å²) in [6.07, 6.45) is 7.57. The molecule has 3 rings (SSSR count). The number of nitrogens with zero attached hydrogens (tertiary/aromatic N) is 3. The van der Waals surface area contributed by atoms with Crippen molar-refractivity contribution < 1.29 is 22.4 Å². The smallest absolute Gasteiger partial charge is 0.296 e. The highest BCUT2D eigenvalue weighted by atomic mass is 31.0. The summed E-state index contributed by atoms with van der Waals surface area (Å²) in [5.74, 6) is -1.30. The van der Waals surface area contributed by atoms with Crippen LogP contribution in [0.3, 0.4) is 0 Å². The molecule has 0 aromatic carbocycles. The third-order valence-electron chi connectivity index (χ3n) is 7.38. The van der Waals surface area contributed by atoms with Crippen LogP contribution >= 0.6 is 9.24 Å². The van der Waals surface area contributed by atoms with E-state index in [1.54, 1.807) is 12.3 Å². The second-order valence-electron chi connectivity index (χ2n) is 10.6. The summed E-state index contributed by atoms with van der Waals surface area (Å²) in [4.78, 5) is 21.3. The first kappa shape index (κ1) is 30.7. The highest BCUT2D eigenvalue weighted by Crippen LogP contribution is 2.42. The van der Waals surface area contributed by atoms with Crippen LogP contribution in [0.2, 0.25) is 0 Å². The van der Waals surface area contributed by atoms with Gasteiger partial charge in [0.25, 0.3) is 6.43 Å². The number of aromatic nitrogens is 1. The van der Waals surface area contributed by atoms with Gasteiger partial charge in [-0.05, 0) is 61.8 Å². The number of ketones is 1. The molecule has 4 nitrogen and oxygen atoms in total. The van der Waals surface area contributed by atoms with Crippen molar-refractivity contribution in [2.24, 2.45) is 5.41 Å². The molecule has 2 aliphatic heterocycles. The highest BCUT2D eigenvalue weighted by Gasteiger charge is 2.51. The Bertz CT molecular complexity index is 1200. The van der Waals surface area contributed by atoms with Crippen LogP contribution in [0.1, 0.15) is 38.4 Å². The molecule has 2 saturated heterocycles. The van der Waals surface area contributed by atoms with E-state index in [0.29, 0.717) is 12.2 Å². The van der Waals surface area contributed by atoms with Crippen LogP contribution in [-0.2, 0) is 16.8 Å². The Morgan fingerprint density at radius 2 is 1.95 bits per heavy atom. The number of likely N-dealkylation sites (tertiary alicyclic amines) is 2. The van der Waals surface area contributed by atoms with Gasteiger partial charge < -0.3 is 4.90 Å². The van der Waals surface area contributed by atoms with Crippen molar-refractivity contribution in [3.05, 3.63) is 101 Å². The zero-order valence-electron chi connectivity index (χ0n) is 22.6. The molecule has 0 aliphatic carbocycles. The number of rotatable bonds is 12. The average Bonchev–Trinajstić information content (AvgIpc) is 2.85. The molecule has 2 fully saturated rings. The Balaban J connectivity index is 1.70. The number of pyridine rings is 1. The highest BCUT2D eigenvalue weighted by molar-refractivity contribution is 7.22. The fraction of sp³-hybridized carbons (Fsp3) is 0.400. The summed E-state index contributed by atoms with van der Waals surface area (Å²) in [6, 6.07) is 3.51. The molecule has 1 aromatic rings. The zero-order valence-corrected chi connectivity index (χ0v) is 23.8. The molecule has 1 spiro atoms. The van der Waals surface area contributed by atoms with Crippen molar-refractivity contribution in [2.45, 2.75) is 45.6 Å². The van der Waals surface area contributed by atoms with Gasteiger partial charge in [0.15, 0.2) is 5.78 Å². The Kier molecular flexibility index (Phi) is 10.2. The second kappa shape index (κ2) is 13.0. The second-order valence-corrected chi connectivity index (χ2v) is 11.2. The zero-order chi connectivity index (χ0) is 28.8. The largest absolute Gasteiger partial charge is 0.370 e. The quantitative estimate of drug-likeness (QED) is 0.160. The molecule has 0 radical (unpaired) electrons. The maximum Gasteiger partial charge on any atom is 0.296 e. The van der Waals surface area contributed by atoms with Crippen LogP contribution in [0, 0.1) is 5.41 Å². The maximum absolute atomic E-state index is 13.8. The monoisotopic (exact) mass is 561 g/mol. The van der Waals surface area contributed by atoms with Gasteiger partial charge in [0.05, 0.1) is 12.0 Å². The Hall–Kier alpha value is -2.83. The van der Waals surface area contributed by atoms with Crippen molar-refractivity contribution in [3.8, 4) is 0 Å². The number of carbonyl (C=O) groups is 1. The standard InChI is InChI=1S/C30H36F4N3OP/c1-5-21(3)12-24(6-2)37-19-30(20-37)17-36(18-30)16-22-9-10-26(35-15-22)29(4,14-25(38)28(33)34)23(8-7-11-31)13-27(32)39/h5-13,15,28H,1,14,16-20,39H2,2-4H3/b11-7+,21-12-,23-8+,24-6+,27-13-. The van der Waals surface area contributed by atoms with E-state index in [2.05, 4.69) is 33.5 Å². The predicted molar refractivity (Wildman–Crippen MR) is 151 cm³/mol. The lowest BCUT2D eigenvalue weighted by atomic mass is 9.72. The number of carbonyl (C=O) groups excluding carboxylic acids is 1. The van der Waals surface area contributed by atoms with Crippen LogP contribution in [0.4, 0.5) is 17.6 Å². The van der Waals surface area contributed by atoms with Gasteiger partial charge in [-0.15, -0.1) is 0 Å². The SMILES string of the molecule is C=C/C(C)=C\C(=C/C)N1CC2(CN(Cc3ccc(C(C)(CC(=O)C(F)F)C(/C=C(/F)P)=C/C=C/F)nc3)C2)C1. The molecule has 210 valence electrons. The average molecular weight is 562 g/mol. The fourth-order valence-corrected chi connectivity index (χ4v) is 5.54.